The molecule has 1 saturated carbocycles. The standard InChI is InChI=1S/C16H26N2O2S/c1-3-16(10-5-11-16)18-21(19,20)13-15-8-6-14(7-9-15)12-17-4-2/h6-9,17-18H,3-5,10-13H2,1-2H3. The minimum absolute atomic E-state index is 0.0657. The summed E-state index contributed by atoms with van der Waals surface area (Å²) in [6, 6.07) is 7.80. The van der Waals surface area contributed by atoms with Gasteiger partial charge in [-0.3, -0.25) is 0 Å². The molecule has 0 atom stereocenters. The Hall–Kier alpha value is -0.910. The van der Waals surface area contributed by atoms with Crippen LogP contribution in [0.3, 0.4) is 0 Å². The van der Waals surface area contributed by atoms with E-state index in [1.165, 1.54) is 5.56 Å². The van der Waals surface area contributed by atoms with Crippen molar-refractivity contribution >= 4 is 10.0 Å². The Morgan fingerprint density at radius 2 is 1.71 bits per heavy atom. The molecule has 0 aliphatic heterocycles. The molecule has 0 bridgehead atoms. The quantitative estimate of drug-likeness (QED) is 0.776. The lowest BCUT2D eigenvalue weighted by Crippen LogP contribution is -2.53. The average Bonchev–Trinajstić information content (AvgIpc) is 2.42. The molecule has 118 valence electrons. The highest BCUT2D eigenvalue weighted by Crippen LogP contribution is 2.35. The predicted octanol–water partition coefficient (Wildman–Crippen LogP) is 2.55. The van der Waals surface area contributed by atoms with E-state index in [-0.39, 0.29) is 11.3 Å². The van der Waals surface area contributed by atoms with Crippen molar-refractivity contribution < 1.29 is 8.42 Å². The van der Waals surface area contributed by atoms with E-state index < -0.39 is 10.0 Å². The maximum Gasteiger partial charge on any atom is 0.216 e. The third-order valence-corrected chi connectivity index (χ3v) is 5.78. The zero-order valence-corrected chi connectivity index (χ0v) is 13.8. The van der Waals surface area contributed by atoms with Gasteiger partial charge in [0.15, 0.2) is 0 Å². The van der Waals surface area contributed by atoms with Crippen LogP contribution in [0.4, 0.5) is 0 Å². The predicted molar refractivity (Wildman–Crippen MR) is 86.5 cm³/mol. The number of hydrogen-bond acceptors (Lipinski definition) is 3. The van der Waals surface area contributed by atoms with Crippen LogP contribution in [0.5, 0.6) is 0 Å². The molecule has 21 heavy (non-hydrogen) atoms. The number of nitrogens with one attached hydrogen (secondary N) is 2. The highest BCUT2D eigenvalue weighted by Gasteiger charge is 2.38. The van der Waals surface area contributed by atoms with Crippen LogP contribution < -0.4 is 10.0 Å². The molecule has 2 N–H and O–H groups in total. The van der Waals surface area contributed by atoms with E-state index in [2.05, 4.69) is 23.9 Å². The third kappa shape index (κ3) is 4.53. The van der Waals surface area contributed by atoms with E-state index in [1.54, 1.807) is 0 Å². The molecule has 1 aromatic rings. The van der Waals surface area contributed by atoms with E-state index >= 15 is 0 Å². The first-order chi connectivity index (χ1) is 9.99. The molecule has 0 radical (unpaired) electrons. The maximum atomic E-state index is 12.3. The van der Waals surface area contributed by atoms with Gasteiger partial charge in [0.25, 0.3) is 0 Å². The van der Waals surface area contributed by atoms with Crippen LogP contribution >= 0.6 is 0 Å². The molecule has 1 aromatic carbocycles. The van der Waals surface area contributed by atoms with Gasteiger partial charge in [-0.15, -0.1) is 0 Å². The van der Waals surface area contributed by atoms with Gasteiger partial charge in [0.2, 0.25) is 10.0 Å². The highest BCUT2D eigenvalue weighted by molar-refractivity contribution is 7.88. The third-order valence-electron chi connectivity index (χ3n) is 4.32. The molecule has 0 unspecified atom stereocenters. The Kier molecular flexibility index (Phi) is 5.41. The second kappa shape index (κ2) is 6.90. The minimum Gasteiger partial charge on any atom is -0.313 e. The number of rotatable bonds is 8. The van der Waals surface area contributed by atoms with Gasteiger partial charge in [0.05, 0.1) is 5.75 Å². The summed E-state index contributed by atoms with van der Waals surface area (Å²) in [6.45, 7) is 5.87. The SMILES string of the molecule is CCNCc1ccc(CS(=O)(=O)NC2(CC)CCC2)cc1. The molecule has 1 aliphatic rings. The summed E-state index contributed by atoms with van der Waals surface area (Å²) in [4.78, 5) is 0. The largest absolute Gasteiger partial charge is 0.313 e. The van der Waals surface area contributed by atoms with Gasteiger partial charge in [-0.1, -0.05) is 38.1 Å². The van der Waals surface area contributed by atoms with Crippen molar-refractivity contribution in [3.63, 3.8) is 0 Å². The number of hydrogen-bond donors (Lipinski definition) is 2. The molecule has 4 nitrogen and oxygen atoms in total. The van der Waals surface area contributed by atoms with Crippen molar-refractivity contribution in [2.75, 3.05) is 6.54 Å². The summed E-state index contributed by atoms with van der Waals surface area (Å²) in [5.41, 5.74) is 1.84. The fourth-order valence-corrected chi connectivity index (χ4v) is 4.45. The molecule has 0 saturated heterocycles. The molecule has 0 aromatic heterocycles. The zero-order valence-electron chi connectivity index (χ0n) is 13.0. The first-order valence-corrected chi connectivity index (χ1v) is 9.44. The second-order valence-corrected chi connectivity index (χ2v) is 7.67. The highest BCUT2D eigenvalue weighted by atomic mass is 32.2. The van der Waals surface area contributed by atoms with Gasteiger partial charge >= 0.3 is 0 Å². The first-order valence-electron chi connectivity index (χ1n) is 7.79. The van der Waals surface area contributed by atoms with E-state index in [1.807, 2.05) is 24.3 Å². The van der Waals surface area contributed by atoms with E-state index in [9.17, 15) is 8.42 Å². The van der Waals surface area contributed by atoms with Crippen LogP contribution in [0, 0.1) is 0 Å². The second-order valence-electron chi connectivity index (χ2n) is 5.95. The summed E-state index contributed by atoms with van der Waals surface area (Å²) in [5.74, 6) is 0.0657. The Balaban J connectivity index is 1.96. The van der Waals surface area contributed by atoms with Gasteiger partial charge in [-0.05, 0) is 43.4 Å². The molecule has 2 rings (SSSR count). The summed E-state index contributed by atoms with van der Waals surface area (Å²) in [5, 5.41) is 3.26. The lowest BCUT2D eigenvalue weighted by atomic mass is 9.76. The summed E-state index contributed by atoms with van der Waals surface area (Å²) in [6.07, 6.45) is 3.91. The van der Waals surface area contributed by atoms with Crippen molar-refractivity contribution in [2.24, 2.45) is 0 Å². The molecular weight excluding hydrogens is 284 g/mol. The van der Waals surface area contributed by atoms with Crippen molar-refractivity contribution in [1.29, 1.82) is 0 Å². The van der Waals surface area contributed by atoms with Crippen molar-refractivity contribution in [1.82, 2.24) is 10.0 Å². The maximum absolute atomic E-state index is 12.3. The first kappa shape index (κ1) is 16.5. The smallest absolute Gasteiger partial charge is 0.216 e. The normalized spacial score (nSPS) is 17.4. The molecule has 1 fully saturated rings. The van der Waals surface area contributed by atoms with E-state index in [0.717, 1.165) is 44.3 Å². The minimum atomic E-state index is -3.26. The Morgan fingerprint density at radius 3 is 2.19 bits per heavy atom. The van der Waals surface area contributed by atoms with Gasteiger partial charge in [-0.2, -0.15) is 0 Å². The fourth-order valence-electron chi connectivity index (χ4n) is 2.74. The van der Waals surface area contributed by atoms with Crippen LogP contribution in [0.1, 0.15) is 50.7 Å². The number of sulfonamides is 1. The van der Waals surface area contributed by atoms with Crippen molar-refractivity contribution in [3.05, 3.63) is 35.4 Å². The number of benzene rings is 1. The van der Waals surface area contributed by atoms with Crippen LogP contribution in [-0.4, -0.2) is 20.5 Å². The van der Waals surface area contributed by atoms with Gasteiger partial charge in [0, 0.05) is 12.1 Å². The molecular formula is C16H26N2O2S. The van der Waals surface area contributed by atoms with Gasteiger partial charge < -0.3 is 5.32 Å². The Morgan fingerprint density at radius 1 is 1.10 bits per heavy atom. The van der Waals surface area contributed by atoms with Crippen molar-refractivity contribution in [3.8, 4) is 0 Å². The van der Waals surface area contributed by atoms with Crippen LogP contribution in [0.25, 0.3) is 0 Å². The summed E-state index contributed by atoms with van der Waals surface area (Å²) >= 11 is 0. The lowest BCUT2D eigenvalue weighted by molar-refractivity contribution is 0.213. The molecule has 1 aliphatic carbocycles. The average molecular weight is 310 g/mol. The lowest BCUT2D eigenvalue weighted by Gasteiger charge is -2.41. The Labute approximate surface area is 128 Å². The van der Waals surface area contributed by atoms with Crippen molar-refractivity contribution in [2.45, 2.75) is 57.4 Å². The molecule has 0 heterocycles. The van der Waals surface area contributed by atoms with Gasteiger partial charge in [-0.25, -0.2) is 13.1 Å². The fraction of sp³-hybridized carbons (Fsp3) is 0.625. The molecule has 5 heteroatoms. The monoisotopic (exact) mass is 310 g/mol. The van der Waals surface area contributed by atoms with Gasteiger partial charge in [0.1, 0.15) is 0 Å². The molecule has 0 amide bonds. The van der Waals surface area contributed by atoms with Crippen LogP contribution in [-0.2, 0) is 22.3 Å². The van der Waals surface area contributed by atoms with Crippen LogP contribution in [0.15, 0.2) is 24.3 Å². The molecule has 0 spiro atoms. The van der Waals surface area contributed by atoms with Crippen LogP contribution in [0.2, 0.25) is 0 Å². The summed E-state index contributed by atoms with van der Waals surface area (Å²) in [7, 11) is -3.26. The summed E-state index contributed by atoms with van der Waals surface area (Å²) < 4.78 is 27.5. The van der Waals surface area contributed by atoms with E-state index in [4.69, 9.17) is 0 Å². The zero-order chi connectivity index (χ0) is 15.3. The Bertz CT molecular complexity index is 543. The topological polar surface area (TPSA) is 58.2 Å². The van der Waals surface area contributed by atoms with E-state index in [0.29, 0.717) is 0 Å².